The fourth-order valence-corrected chi connectivity index (χ4v) is 5.00. The molecule has 0 atom stereocenters. The van der Waals surface area contributed by atoms with Crippen molar-refractivity contribution in [1.29, 1.82) is 0 Å². The predicted molar refractivity (Wildman–Crippen MR) is 102 cm³/mol. The first-order chi connectivity index (χ1) is 12.0. The van der Waals surface area contributed by atoms with E-state index in [1.807, 2.05) is 24.3 Å². The number of ether oxygens (including phenoxy) is 1. The van der Waals surface area contributed by atoms with E-state index in [1.165, 1.54) is 4.88 Å². The summed E-state index contributed by atoms with van der Waals surface area (Å²) in [7, 11) is 2.31. The second kappa shape index (κ2) is 7.33. The highest BCUT2D eigenvalue weighted by Gasteiger charge is 2.49. The molecule has 1 aromatic carbocycles. The van der Waals surface area contributed by atoms with Crippen LogP contribution < -0.4 is 22.3 Å². The average Bonchev–Trinajstić information content (AvgIpc) is 2.97. The van der Waals surface area contributed by atoms with E-state index in [4.69, 9.17) is 4.74 Å². The first-order valence-corrected chi connectivity index (χ1v) is 9.78. The summed E-state index contributed by atoms with van der Waals surface area (Å²) in [5, 5.41) is 3.01. The molecule has 3 aliphatic rings. The molecule has 0 saturated carbocycles. The Bertz CT molecular complexity index is 766. The van der Waals surface area contributed by atoms with Crippen LogP contribution in [0.5, 0.6) is 0 Å². The van der Waals surface area contributed by atoms with E-state index in [-0.39, 0.29) is 28.7 Å². The van der Waals surface area contributed by atoms with E-state index in [0.29, 0.717) is 0 Å². The van der Waals surface area contributed by atoms with Gasteiger partial charge in [0.1, 0.15) is 5.60 Å². The molecule has 140 valence electrons. The normalized spacial score (nSPS) is 26.8. The van der Waals surface area contributed by atoms with Crippen molar-refractivity contribution in [3.8, 4) is 10.4 Å². The van der Waals surface area contributed by atoms with Crippen LogP contribution in [0.3, 0.4) is 0 Å². The molecule has 2 bridgehead atoms. The summed E-state index contributed by atoms with van der Waals surface area (Å²) in [4.78, 5) is 14.9. The summed E-state index contributed by atoms with van der Waals surface area (Å²) in [5.41, 5.74) is 1.72. The zero-order valence-electron chi connectivity index (χ0n) is 15.3. The second-order valence-electron chi connectivity index (χ2n) is 7.70. The van der Waals surface area contributed by atoms with Gasteiger partial charge in [-0.3, -0.25) is 5.32 Å². The monoisotopic (exact) mass is 436 g/mol. The van der Waals surface area contributed by atoms with Crippen molar-refractivity contribution in [2.24, 2.45) is 0 Å². The van der Waals surface area contributed by atoms with Crippen molar-refractivity contribution in [3.63, 3.8) is 0 Å². The predicted octanol–water partition coefficient (Wildman–Crippen LogP) is 1.66. The summed E-state index contributed by atoms with van der Waals surface area (Å²) in [5.74, 6) is 0. The minimum Gasteiger partial charge on any atom is -1.00 e. The molecule has 0 unspecified atom stereocenters. The van der Waals surface area contributed by atoms with Crippen LogP contribution in [0.1, 0.15) is 24.1 Å². The lowest BCUT2D eigenvalue weighted by molar-refractivity contribution is -0.926. The van der Waals surface area contributed by atoms with Crippen LogP contribution in [0.4, 0.5) is 10.5 Å². The van der Waals surface area contributed by atoms with E-state index in [1.54, 1.807) is 11.3 Å². The smallest absolute Gasteiger partial charge is 0.412 e. The maximum Gasteiger partial charge on any atom is 0.412 e. The number of nitrogens with one attached hydrogen (secondary N) is 1. The third-order valence-electron chi connectivity index (χ3n) is 5.76. The first kappa shape index (κ1) is 19.4. The first-order valence-electron chi connectivity index (χ1n) is 8.97. The minimum absolute atomic E-state index is 0. The molecule has 3 saturated heterocycles. The van der Waals surface area contributed by atoms with Crippen molar-refractivity contribution in [3.05, 3.63) is 41.3 Å². The van der Waals surface area contributed by atoms with Crippen LogP contribution in [0.2, 0.25) is 0 Å². The third-order valence-corrected chi connectivity index (χ3v) is 6.86. The number of quaternary nitrogens is 1. The lowest BCUT2D eigenvalue weighted by Crippen LogP contribution is -3.00. The number of amides is 1. The van der Waals surface area contributed by atoms with Gasteiger partial charge in [-0.15, -0.1) is 11.3 Å². The molecule has 4 nitrogen and oxygen atoms in total. The molecule has 1 N–H and O–H groups in total. The largest absolute Gasteiger partial charge is 1.00 e. The molecular weight excluding hydrogens is 412 g/mol. The van der Waals surface area contributed by atoms with Gasteiger partial charge in [-0.2, -0.15) is 0 Å². The average molecular weight is 437 g/mol. The van der Waals surface area contributed by atoms with Gasteiger partial charge >= 0.3 is 6.09 Å². The molecule has 0 spiro atoms. The van der Waals surface area contributed by atoms with Crippen molar-refractivity contribution >= 4 is 23.1 Å². The van der Waals surface area contributed by atoms with E-state index in [0.717, 1.165) is 59.5 Å². The number of carbonyl (C=O) groups excluding carboxylic acids is 1. The highest BCUT2D eigenvalue weighted by molar-refractivity contribution is 7.16. The highest BCUT2D eigenvalue weighted by atomic mass is 79.9. The number of hydrogen-bond donors (Lipinski definition) is 1. The zero-order valence-corrected chi connectivity index (χ0v) is 17.7. The van der Waals surface area contributed by atoms with Crippen molar-refractivity contribution in [2.75, 3.05) is 32.0 Å². The summed E-state index contributed by atoms with van der Waals surface area (Å²) in [6.45, 7) is 5.40. The SMILES string of the molecule is Cc1cc(NC(=O)OC23CC[N+](C)(CC2)CC3)c(-c2ccccc2)s1.[Br-]. The van der Waals surface area contributed by atoms with E-state index in [9.17, 15) is 4.79 Å². The molecule has 26 heavy (non-hydrogen) atoms. The molecule has 3 fully saturated rings. The summed E-state index contributed by atoms with van der Waals surface area (Å²) >= 11 is 1.69. The Morgan fingerprint density at radius 3 is 2.38 bits per heavy atom. The van der Waals surface area contributed by atoms with Gasteiger partial charge < -0.3 is 26.2 Å². The number of carbonyl (C=O) groups is 1. The van der Waals surface area contributed by atoms with Gasteiger partial charge in [-0.05, 0) is 18.6 Å². The number of fused-ring (bicyclic) bond motifs is 3. The molecule has 1 aromatic heterocycles. The number of piperidine rings is 3. The van der Waals surface area contributed by atoms with Crippen LogP contribution in [0.15, 0.2) is 36.4 Å². The summed E-state index contributed by atoms with van der Waals surface area (Å²) < 4.78 is 7.09. The van der Waals surface area contributed by atoms with Gasteiger partial charge in [0.05, 0.1) is 37.2 Å². The second-order valence-corrected chi connectivity index (χ2v) is 8.96. The minimum atomic E-state index is -0.312. The Kier molecular flexibility index (Phi) is 5.47. The number of rotatable bonds is 3. The third kappa shape index (κ3) is 3.82. The maximum absolute atomic E-state index is 12.6. The van der Waals surface area contributed by atoms with Gasteiger partial charge in [-0.1, -0.05) is 30.3 Å². The molecule has 5 rings (SSSR count). The quantitative estimate of drug-likeness (QED) is 0.742. The number of nitrogens with zero attached hydrogens (tertiary/aromatic N) is 1. The van der Waals surface area contributed by atoms with Gasteiger partial charge in [0.25, 0.3) is 0 Å². The van der Waals surface area contributed by atoms with Gasteiger partial charge in [0.2, 0.25) is 0 Å². The van der Waals surface area contributed by atoms with Crippen LogP contribution in [-0.4, -0.2) is 42.9 Å². The Balaban J connectivity index is 0.00000196. The van der Waals surface area contributed by atoms with Crippen molar-refractivity contribution in [1.82, 2.24) is 0 Å². The van der Waals surface area contributed by atoms with E-state index >= 15 is 0 Å². The Morgan fingerprint density at radius 2 is 1.77 bits per heavy atom. The maximum atomic E-state index is 12.6. The van der Waals surface area contributed by atoms with Gasteiger partial charge in [0.15, 0.2) is 0 Å². The van der Waals surface area contributed by atoms with Gasteiger partial charge in [-0.25, -0.2) is 4.79 Å². The number of benzene rings is 1. The van der Waals surface area contributed by atoms with Crippen LogP contribution in [0.25, 0.3) is 10.4 Å². The highest BCUT2D eigenvalue weighted by Crippen LogP contribution is 2.40. The fourth-order valence-electron chi connectivity index (χ4n) is 4.03. The molecule has 6 heteroatoms. The Morgan fingerprint density at radius 1 is 1.15 bits per heavy atom. The Labute approximate surface area is 169 Å². The van der Waals surface area contributed by atoms with Crippen LogP contribution in [0, 0.1) is 6.92 Å². The number of halogens is 1. The number of anilines is 1. The van der Waals surface area contributed by atoms with Gasteiger partial charge in [0, 0.05) is 24.1 Å². The Hall–Kier alpha value is -1.37. The lowest BCUT2D eigenvalue weighted by Gasteiger charge is -2.51. The molecular formula is C20H25BrN2O2S. The molecule has 0 radical (unpaired) electrons. The zero-order chi connectivity index (χ0) is 17.5. The summed E-state index contributed by atoms with van der Waals surface area (Å²) in [6, 6.07) is 12.2. The number of aryl methyl sites for hydroxylation is 1. The molecule has 3 aliphatic heterocycles. The fraction of sp³-hybridized carbons (Fsp3) is 0.450. The molecule has 1 amide bonds. The van der Waals surface area contributed by atoms with E-state index < -0.39 is 0 Å². The number of thiophene rings is 1. The molecule has 2 aromatic rings. The molecule has 0 aliphatic carbocycles. The van der Waals surface area contributed by atoms with Crippen LogP contribution >= 0.6 is 11.3 Å². The van der Waals surface area contributed by atoms with Crippen LogP contribution in [-0.2, 0) is 4.74 Å². The van der Waals surface area contributed by atoms with E-state index in [2.05, 4.69) is 31.4 Å². The topological polar surface area (TPSA) is 38.3 Å². The van der Waals surface area contributed by atoms with Crippen molar-refractivity contribution < 1.29 is 31.0 Å². The lowest BCUT2D eigenvalue weighted by atomic mass is 9.81. The molecule has 4 heterocycles. The standard InChI is InChI=1S/C20H24N2O2S.BrH/c1-15-14-17(18(25-15)16-6-4-3-5-7-16)21-19(23)24-20-8-11-22(2,12-9-20)13-10-20;/h3-7,14H,8-13H2,1-2H3;1H. The van der Waals surface area contributed by atoms with Crippen molar-refractivity contribution in [2.45, 2.75) is 31.8 Å². The summed E-state index contributed by atoms with van der Waals surface area (Å²) in [6.07, 6.45) is 2.62. The number of hydrogen-bond acceptors (Lipinski definition) is 3.